The molecule has 0 saturated heterocycles. The molecule has 0 radical (unpaired) electrons. The van der Waals surface area contributed by atoms with E-state index in [1.165, 1.54) is 0 Å². The molecule has 1 aromatic carbocycles. The molecule has 0 amide bonds. The zero-order valence-electron chi connectivity index (χ0n) is 13.6. The van der Waals surface area contributed by atoms with Crippen molar-refractivity contribution in [3.8, 4) is 11.5 Å². The van der Waals surface area contributed by atoms with E-state index in [1.54, 1.807) is 18.2 Å². The molecule has 0 atom stereocenters. The Hall–Kier alpha value is -1.56. The number of anilines is 1. The first kappa shape index (κ1) is 21.5. The highest BCUT2D eigenvalue weighted by atomic mass is 32.2. The van der Waals surface area contributed by atoms with Crippen LogP contribution in [0.4, 0.5) is 5.69 Å². The molecule has 0 aliphatic rings. The average molecular weight is 397 g/mol. The molecule has 25 heavy (non-hydrogen) atoms. The molecule has 1 rings (SSSR count). The van der Waals surface area contributed by atoms with Gasteiger partial charge in [0.25, 0.3) is 20.2 Å². The molecule has 0 aliphatic heterocycles. The molecule has 0 fully saturated rings. The summed E-state index contributed by atoms with van der Waals surface area (Å²) < 4.78 is 70.6. The maximum Gasteiger partial charge on any atom is 0.264 e. The summed E-state index contributed by atoms with van der Waals surface area (Å²) in [6, 6.07) is 4.96. The van der Waals surface area contributed by atoms with E-state index in [1.807, 2.05) is 0 Å². The van der Waals surface area contributed by atoms with Crippen LogP contribution in [-0.2, 0) is 20.2 Å². The van der Waals surface area contributed by atoms with Gasteiger partial charge < -0.3 is 15.2 Å². The lowest BCUT2D eigenvalue weighted by Gasteiger charge is -2.13. The molecule has 1 aromatic rings. The molecule has 0 aromatic heterocycles. The van der Waals surface area contributed by atoms with Gasteiger partial charge >= 0.3 is 0 Å². The smallest absolute Gasteiger partial charge is 0.264 e. The van der Waals surface area contributed by atoms with Crippen LogP contribution in [0, 0.1) is 0 Å². The Bertz CT molecular complexity index is 686. The maximum absolute atomic E-state index is 10.6. The van der Waals surface area contributed by atoms with Crippen molar-refractivity contribution in [1.82, 2.24) is 0 Å². The minimum Gasteiger partial charge on any atom is -0.491 e. The lowest BCUT2D eigenvalue weighted by molar-refractivity contribution is 0.297. The maximum atomic E-state index is 10.6. The summed E-state index contributed by atoms with van der Waals surface area (Å²) in [5.74, 6) is 0.140. The monoisotopic (exact) mass is 397 g/mol. The number of nitrogens with two attached hydrogens (primary N) is 1. The molecule has 4 N–H and O–H groups in total. The first-order valence-electron chi connectivity index (χ1n) is 7.63. The summed E-state index contributed by atoms with van der Waals surface area (Å²) in [6.07, 6.45) is 1.39. The number of hydrogen-bond donors (Lipinski definition) is 3. The van der Waals surface area contributed by atoms with Gasteiger partial charge in [-0.15, -0.1) is 0 Å². The number of benzene rings is 1. The molecule has 0 heterocycles. The Morgan fingerprint density at radius 1 is 0.800 bits per heavy atom. The first-order valence-corrected chi connectivity index (χ1v) is 10.8. The summed E-state index contributed by atoms with van der Waals surface area (Å²) in [6.45, 7) is 0.467. The molecule has 9 nitrogen and oxygen atoms in total. The largest absolute Gasteiger partial charge is 0.491 e. The first-order chi connectivity index (χ1) is 11.6. The zero-order chi connectivity index (χ0) is 18.9. The summed E-state index contributed by atoms with van der Waals surface area (Å²) in [7, 11) is -7.92. The van der Waals surface area contributed by atoms with Crippen molar-refractivity contribution in [1.29, 1.82) is 0 Å². The SMILES string of the molecule is Nc1c(OCCCCS(=O)(=O)O)cccc1OCCCCS(=O)(=O)O. The second-order valence-corrected chi connectivity index (χ2v) is 8.50. The van der Waals surface area contributed by atoms with Crippen molar-refractivity contribution in [2.45, 2.75) is 25.7 Å². The van der Waals surface area contributed by atoms with Gasteiger partial charge in [-0.2, -0.15) is 16.8 Å². The van der Waals surface area contributed by atoms with Gasteiger partial charge in [-0.3, -0.25) is 9.11 Å². The van der Waals surface area contributed by atoms with Crippen LogP contribution in [0.5, 0.6) is 11.5 Å². The van der Waals surface area contributed by atoms with Gasteiger partial charge in [0.1, 0.15) is 17.2 Å². The number of ether oxygens (including phenoxy) is 2. The second kappa shape index (κ2) is 9.80. The Morgan fingerprint density at radius 2 is 1.20 bits per heavy atom. The minimum atomic E-state index is -3.96. The summed E-state index contributed by atoms with van der Waals surface area (Å²) >= 11 is 0. The molecule has 11 heteroatoms. The molecule has 0 unspecified atom stereocenters. The Labute approximate surface area is 147 Å². The van der Waals surface area contributed by atoms with Gasteiger partial charge in [0.15, 0.2) is 0 Å². The Morgan fingerprint density at radius 3 is 1.56 bits per heavy atom. The second-order valence-electron chi connectivity index (χ2n) is 5.35. The summed E-state index contributed by atoms with van der Waals surface area (Å²) in [4.78, 5) is 0. The molecule has 0 bridgehead atoms. The van der Waals surface area contributed by atoms with Crippen LogP contribution in [0.15, 0.2) is 18.2 Å². The van der Waals surface area contributed by atoms with E-state index >= 15 is 0 Å². The fraction of sp³-hybridized carbons (Fsp3) is 0.571. The van der Waals surface area contributed by atoms with E-state index in [9.17, 15) is 16.8 Å². The number of nitrogen functional groups attached to an aromatic ring is 1. The lowest BCUT2D eigenvalue weighted by atomic mass is 10.2. The standard InChI is InChI=1S/C14H23NO8S2/c15-14-12(22-8-1-3-10-24(16,17)18)6-5-7-13(14)23-9-2-4-11-25(19,20)21/h5-7H,1-4,8-11,15H2,(H,16,17,18)(H,19,20,21). The van der Waals surface area contributed by atoms with Gasteiger partial charge in [0, 0.05) is 0 Å². The van der Waals surface area contributed by atoms with Crippen LogP contribution in [0.1, 0.15) is 25.7 Å². The van der Waals surface area contributed by atoms with E-state index in [0.717, 1.165) is 0 Å². The molecule has 144 valence electrons. The topological polar surface area (TPSA) is 153 Å². The lowest BCUT2D eigenvalue weighted by Crippen LogP contribution is -2.08. The van der Waals surface area contributed by atoms with Crippen molar-refractivity contribution < 1.29 is 35.4 Å². The highest BCUT2D eigenvalue weighted by Crippen LogP contribution is 2.31. The number of unbranched alkanes of at least 4 members (excludes halogenated alkanes) is 2. The van der Waals surface area contributed by atoms with E-state index in [2.05, 4.69) is 0 Å². The van der Waals surface area contributed by atoms with Crippen molar-refractivity contribution >= 4 is 25.9 Å². The van der Waals surface area contributed by atoms with E-state index in [0.29, 0.717) is 24.3 Å². The van der Waals surface area contributed by atoms with Crippen molar-refractivity contribution in [3.63, 3.8) is 0 Å². The Balaban J connectivity index is 2.39. The van der Waals surface area contributed by atoms with Crippen molar-refractivity contribution in [3.05, 3.63) is 18.2 Å². The van der Waals surface area contributed by atoms with Crippen LogP contribution >= 0.6 is 0 Å². The Kier molecular flexibility index (Phi) is 8.42. The molecular weight excluding hydrogens is 374 g/mol. The van der Waals surface area contributed by atoms with Crippen LogP contribution < -0.4 is 15.2 Å². The third-order valence-corrected chi connectivity index (χ3v) is 4.74. The van der Waals surface area contributed by atoms with Crippen LogP contribution in [-0.4, -0.2) is 50.7 Å². The minimum absolute atomic E-state index is 0.234. The van der Waals surface area contributed by atoms with Gasteiger partial charge in [0.2, 0.25) is 0 Å². The zero-order valence-corrected chi connectivity index (χ0v) is 15.3. The summed E-state index contributed by atoms with van der Waals surface area (Å²) in [5, 5.41) is 0. The van der Waals surface area contributed by atoms with Gasteiger partial charge in [-0.05, 0) is 37.8 Å². The third kappa shape index (κ3) is 10.1. The predicted molar refractivity (Wildman–Crippen MR) is 93.1 cm³/mol. The van der Waals surface area contributed by atoms with E-state index < -0.39 is 20.2 Å². The highest BCUT2D eigenvalue weighted by Gasteiger charge is 2.09. The van der Waals surface area contributed by atoms with E-state index in [-0.39, 0.29) is 43.2 Å². The number of rotatable bonds is 12. The predicted octanol–water partition coefficient (Wildman–Crippen LogP) is 1.36. The molecule has 0 saturated carbocycles. The highest BCUT2D eigenvalue weighted by molar-refractivity contribution is 7.86. The van der Waals surface area contributed by atoms with E-state index in [4.69, 9.17) is 24.3 Å². The number of para-hydroxylation sites is 1. The van der Waals surface area contributed by atoms with Crippen molar-refractivity contribution in [2.24, 2.45) is 0 Å². The number of hydrogen-bond acceptors (Lipinski definition) is 7. The van der Waals surface area contributed by atoms with Crippen molar-refractivity contribution in [2.75, 3.05) is 30.5 Å². The molecular formula is C14H23NO8S2. The third-order valence-electron chi connectivity index (χ3n) is 3.13. The van der Waals surface area contributed by atoms with Crippen LogP contribution in [0.3, 0.4) is 0 Å². The van der Waals surface area contributed by atoms with Crippen LogP contribution in [0.2, 0.25) is 0 Å². The molecule has 0 aliphatic carbocycles. The van der Waals surface area contributed by atoms with Crippen LogP contribution in [0.25, 0.3) is 0 Å². The quantitative estimate of drug-likeness (QED) is 0.269. The fourth-order valence-electron chi connectivity index (χ4n) is 1.91. The summed E-state index contributed by atoms with van der Waals surface area (Å²) in [5.41, 5.74) is 6.21. The van der Waals surface area contributed by atoms with Gasteiger partial charge in [0.05, 0.1) is 24.7 Å². The fourth-order valence-corrected chi connectivity index (χ4v) is 3.05. The van der Waals surface area contributed by atoms with Gasteiger partial charge in [-0.1, -0.05) is 6.07 Å². The average Bonchev–Trinajstić information content (AvgIpc) is 2.47. The molecule has 0 spiro atoms. The van der Waals surface area contributed by atoms with Gasteiger partial charge in [-0.25, -0.2) is 0 Å². The normalized spacial score (nSPS) is 12.1.